The summed E-state index contributed by atoms with van der Waals surface area (Å²) in [4.78, 5) is 0. The normalized spacial score (nSPS) is 10.4. The monoisotopic (exact) mass is 508 g/mol. The van der Waals surface area contributed by atoms with Crippen molar-refractivity contribution in [2.24, 2.45) is 0 Å². The van der Waals surface area contributed by atoms with Crippen molar-refractivity contribution in [1.29, 1.82) is 0 Å². The molecule has 0 spiro atoms. The minimum Gasteiger partial charge on any atom is -0.0683 e. The largest absolute Gasteiger partial charge is 0.0683 e. The Kier molecular flexibility index (Phi) is 9.34. The SMILES string of the molecule is CC.CC.CCC.c1cc2ccc3cccc4ccc(c1)c2c34.c1ccc2c(c1)-c1cccc3cccc-2c13. The topological polar surface area (TPSA) is 0 Å². The molecule has 0 heterocycles. The summed E-state index contributed by atoms with van der Waals surface area (Å²) in [5.41, 5.74) is 5.50. The van der Waals surface area contributed by atoms with Gasteiger partial charge in [0.15, 0.2) is 0 Å². The second-order valence-corrected chi connectivity index (χ2v) is 9.25. The molecule has 0 fully saturated rings. The maximum Gasteiger partial charge on any atom is -0.00264 e. The molecule has 196 valence electrons. The van der Waals surface area contributed by atoms with Crippen molar-refractivity contribution in [2.45, 2.75) is 48.0 Å². The van der Waals surface area contributed by atoms with Gasteiger partial charge in [-0.25, -0.2) is 0 Å². The van der Waals surface area contributed by atoms with E-state index in [4.69, 9.17) is 0 Å². The molecule has 0 amide bonds. The van der Waals surface area contributed by atoms with Crippen molar-refractivity contribution in [3.05, 3.63) is 121 Å². The molecule has 7 aromatic carbocycles. The van der Waals surface area contributed by atoms with Crippen LogP contribution in [0.3, 0.4) is 0 Å². The maximum atomic E-state index is 2.22. The molecule has 0 saturated heterocycles. The highest BCUT2D eigenvalue weighted by Crippen LogP contribution is 2.46. The second-order valence-electron chi connectivity index (χ2n) is 9.25. The zero-order chi connectivity index (χ0) is 27.8. The van der Waals surface area contributed by atoms with Crippen LogP contribution in [0.1, 0.15) is 48.0 Å². The summed E-state index contributed by atoms with van der Waals surface area (Å²) in [6, 6.07) is 43.6. The number of fused-ring (bicyclic) bond motifs is 3. The molecule has 8 rings (SSSR count). The van der Waals surface area contributed by atoms with Crippen LogP contribution in [0.4, 0.5) is 0 Å². The first-order chi connectivity index (χ1) is 19.3. The van der Waals surface area contributed by atoms with E-state index < -0.39 is 0 Å². The standard InChI is InChI=1S/2C16H10.C3H8.2C2H6/c1-3-11-7-9-13-5-2-6-14-10-8-12(4-1)15(11)16(13)14;1-2-8-13-12(7-1)14-9-3-5-11-6-4-10-15(13)16(11)14;1-3-2;2*1-2/h2*1-10H;3H2,1-2H3;2*1-2H3. The molecule has 0 radical (unpaired) electrons. The van der Waals surface area contributed by atoms with E-state index in [-0.39, 0.29) is 0 Å². The molecular weight excluding hydrogens is 468 g/mol. The van der Waals surface area contributed by atoms with Crippen LogP contribution < -0.4 is 0 Å². The van der Waals surface area contributed by atoms with Crippen molar-refractivity contribution < 1.29 is 0 Å². The fraction of sp³-hybridized carbons (Fsp3) is 0.179. The third-order valence-electron chi connectivity index (χ3n) is 6.80. The summed E-state index contributed by atoms with van der Waals surface area (Å²) in [6.07, 6.45) is 1.25. The first-order valence-electron chi connectivity index (χ1n) is 14.5. The Hall–Kier alpha value is -4.16. The first kappa shape index (κ1) is 27.9. The predicted molar refractivity (Wildman–Crippen MR) is 177 cm³/mol. The van der Waals surface area contributed by atoms with Crippen LogP contribution in [0.2, 0.25) is 0 Å². The van der Waals surface area contributed by atoms with Crippen LogP contribution in [0, 0.1) is 0 Å². The van der Waals surface area contributed by atoms with Crippen LogP contribution in [0.25, 0.3) is 65.3 Å². The fourth-order valence-corrected chi connectivity index (χ4v) is 5.41. The van der Waals surface area contributed by atoms with Crippen LogP contribution in [-0.4, -0.2) is 0 Å². The Morgan fingerprint density at radius 2 is 0.564 bits per heavy atom. The Labute approximate surface area is 234 Å². The smallest absolute Gasteiger partial charge is 0.00264 e. The molecule has 0 bridgehead atoms. The van der Waals surface area contributed by atoms with Crippen molar-refractivity contribution in [2.75, 3.05) is 0 Å². The Morgan fingerprint density at radius 1 is 0.308 bits per heavy atom. The number of rotatable bonds is 0. The summed E-state index contributed by atoms with van der Waals surface area (Å²) in [5, 5.41) is 10.9. The molecule has 0 aliphatic heterocycles. The Morgan fingerprint density at radius 3 is 0.897 bits per heavy atom. The molecule has 1 aliphatic carbocycles. The third-order valence-corrected chi connectivity index (χ3v) is 6.80. The lowest BCUT2D eigenvalue weighted by Crippen LogP contribution is -1.82. The van der Waals surface area contributed by atoms with E-state index in [0.717, 1.165) is 0 Å². The van der Waals surface area contributed by atoms with Gasteiger partial charge in [-0.15, -0.1) is 0 Å². The van der Waals surface area contributed by atoms with E-state index in [2.05, 4.69) is 135 Å². The number of hydrogen-bond donors (Lipinski definition) is 0. The van der Waals surface area contributed by atoms with E-state index in [1.165, 1.54) is 71.8 Å². The molecule has 0 atom stereocenters. The van der Waals surface area contributed by atoms with Crippen LogP contribution in [-0.2, 0) is 0 Å². The molecule has 0 aromatic heterocycles. The highest BCUT2D eigenvalue weighted by molar-refractivity contribution is 6.22. The van der Waals surface area contributed by atoms with E-state index >= 15 is 0 Å². The minimum absolute atomic E-state index is 1.25. The van der Waals surface area contributed by atoms with Gasteiger partial charge in [0.1, 0.15) is 0 Å². The lowest BCUT2D eigenvalue weighted by molar-refractivity contribution is 1.09. The molecule has 7 aromatic rings. The summed E-state index contributed by atoms with van der Waals surface area (Å²) < 4.78 is 0. The molecule has 1 aliphatic rings. The van der Waals surface area contributed by atoms with Gasteiger partial charge in [0.2, 0.25) is 0 Å². The van der Waals surface area contributed by atoms with Crippen molar-refractivity contribution in [3.8, 4) is 22.3 Å². The molecule has 0 saturated carbocycles. The van der Waals surface area contributed by atoms with Gasteiger partial charge in [-0.05, 0) is 65.3 Å². The highest BCUT2D eigenvalue weighted by atomic mass is 14.2. The summed E-state index contributed by atoms with van der Waals surface area (Å²) >= 11 is 0. The predicted octanol–water partition coefficient (Wildman–Crippen LogP) is 12.5. The van der Waals surface area contributed by atoms with Gasteiger partial charge >= 0.3 is 0 Å². The van der Waals surface area contributed by atoms with Gasteiger partial charge in [0, 0.05) is 0 Å². The van der Waals surface area contributed by atoms with Gasteiger partial charge in [-0.1, -0.05) is 169 Å². The van der Waals surface area contributed by atoms with Crippen molar-refractivity contribution in [1.82, 2.24) is 0 Å². The van der Waals surface area contributed by atoms with Crippen LogP contribution in [0.15, 0.2) is 121 Å². The van der Waals surface area contributed by atoms with E-state index in [0.29, 0.717) is 0 Å². The lowest BCUT2D eigenvalue weighted by atomic mass is 9.95. The quantitative estimate of drug-likeness (QED) is 0.179. The first-order valence-corrected chi connectivity index (χ1v) is 14.5. The van der Waals surface area contributed by atoms with Gasteiger partial charge in [0.05, 0.1) is 0 Å². The second kappa shape index (κ2) is 13.1. The van der Waals surface area contributed by atoms with Crippen LogP contribution in [0.5, 0.6) is 0 Å². The van der Waals surface area contributed by atoms with Crippen molar-refractivity contribution >= 4 is 43.1 Å². The molecule has 0 N–H and O–H groups in total. The Bertz CT molecular complexity index is 1600. The van der Waals surface area contributed by atoms with Crippen LogP contribution >= 0.6 is 0 Å². The van der Waals surface area contributed by atoms with E-state index in [1.807, 2.05) is 27.7 Å². The minimum atomic E-state index is 1.25. The fourth-order valence-electron chi connectivity index (χ4n) is 5.41. The lowest BCUT2D eigenvalue weighted by Gasteiger charge is -2.09. The number of hydrogen-bond acceptors (Lipinski definition) is 0. The summed E-state index contributed by atoms with van der Waals surface area (Å²) in [5.74, 6) is 0. The van der Waals surface area contributed by atoms with E-state index in [1.54, 1.807) is 0 Å². The average Bonchev–Trinajstić information content (AvgIpc) is 3.34. The zero-order valence-electron chi connectivity index (χ0n) is 24.3. The highest BCUT2D eigenvalue weighted by Gasteiger charge is 2.19. The van der Waals surface area contributed by atoms with Gasteiger partial charge < -0.3 is 0 Å². The molecule has 39 heavy (non-hydrogen) atoms. The zero-order valence-corrected chi connectivity index (χ0v) is 24.3. The van der Waals surface area contributed by atoms with Gasteiger partial charge in [0.25, 0.3) is 0 Å². The molecule has 0 nitrogen and oxygen atoms in total. The molecule has 0 unspecified atom stereocenters. The Balaban J connectivity index is 0.000000148. The average molecular weight is 509 g/mol. The summed E-state index contributed by atoms with van der Waals surface area (Å²) in [6.45, 7) is 12.2. The maximum absolute atomic E-state index is 2.22. The van der Waals surface area contributed by atoms with Gasteiger partial charge in [-0.3, -0.25) is 0 Å². The van der Waals surface area contributed by atoms with Crippen molar-refractivity contribution in [3.63, 3.8) is 0 Å². The van der Waals surface area contributed by atoms with E-state index in [9.17, 15) is 0 Å². The number of benzene rings is 7. The third kappa shape index (κ3) is 5.25. The molecule has 0 heteroatoms. The summed E-state index contributed by atoms with van der Waals surface area (Å²) in [7, 11) is 0. The molecular formula is C39H40. The van der Waals surface area contributed by atoms with Gasteiger partial charge in [-0.2, -0.15) is 0 Å².